The van der Waals surface area contributed by atoms with Gasteiger partial charge in [0.15, 0.2) is 0 Å². The Balaban J connectivity index is 3.27. The highest BCUT2D eigenvalue weighted by Crippen LogP contribution is 2.57. The van der Waals surface area contributed by atoms with Crippen molar-refractivity contribution in [3.8, 4) is 0 Å². The summed E-state index contributed by atoms with van der Waals surface area (Å²) in [5, 5.41) is 0.748. The minimum absolute atomic E-state index is 0.215. The van der Waals surface area contributed by atoms with Crippen molar-refractivity contribution in [2.75, 3.05) is 6.16 Å². The summed E-state index contributed by atoms with van der Waals surface area (Å²) in [7, 11) is -2.41. The zero-order valence-corrected chi connectivity index (χ0v) is 11.6. The van der Waals surface area contributed by atoms with Crippen molar-refractivity contribution >= 4 is 12.4 Å². The first kappa shape index (κ1) is 13.3. The van der Waals surface area contributed by atoms with Gasteiger partial charge in [0.25, 0.3) is 0 Å². The van der Waals surface area contributed by atoms with Gasteiger partial charge in [-0.25, -0.2) is 0 Å². The Bertz CT molecular complexity index is 412. The lowest BCUT2D eigenvalue weighted by atomic mass is 10.3. The second kappa shape index (κ2) is 4.59. The van der Waals surface area contributed by atoms with Gasteiger partial charge in [0, 0.05) is 16.6 Å². The fourth-order valence-corrected chi connectivity index (χ4v) is 4.61. The summed E-state index contributed by atoms with van der Waals surface area (Å²) >= 11 is 0. The van der Waals surface area contributed by atoms with E-state index < -0.39 is 7.14 Å². The summed E-state index contributed by atoms with van der Waals surface area (Å²) in [5.74, 6) is 0. The molecule has 2 heteroatoms. The molecule has 0 fully saturated rings. The third-order valence-corrected chi connectivity index (χ3v) is 7.03. The molecule has 88 valence electrons. The zero-order chi connectivity index (χ0) is 12.4. The fraction of sp³-hybridized carbons (Fsp3) is 0.429. The van der Waals surface area contributed by atoms with Gasteiger partial charge in [-0.2, -0.15) is 0 Å². The van der Waals surface area contributed by atoms with E-state index in [0.717, 1.165) is 10.9 Å². The molecular weight excluding hydrogens is 215 g/mol. The molecule has 0 aromatic heterocycles. The van der Waals surface area contributed by atoms with Crippen molar-refractivity contribution in [1.29, 1.82) is 0 Å². The van der Waals surface area contributed by atoms with Crippen LogP contribution in [0.3, 0.4) is 0 Å². The van der Waals surface area contributed by atoms with Crippen LogP contribution in [-0.4, -0.2) is 11.3 Å². The third kappa shape index (κ3) is 2.65. The van der Waals surface area contributed by atoms with Gasteiger partial charge < -0.3 is 4.57 Å². The summed E-state index contributed by atoms with van der Waals surface area (Å²) in [5.41, 5.74) is 0.988. The molecule has 16 heavy (non-hydrogen) atoms. The maximum absolute atomic E-state index is 13.2. The first-order valence-corrected chi connectivity index (χ1v) is 7.46. The number of benzene rings is 1. The molecule has 1 nitrogen and oxygen atoms in total. The van der Waals surface area contributed by atoms with E-state index in [1.54, 1.807) is 0 Å². The van der Waals surface area contributed by atoms with Crippen molar-refractivity contribution in [2.24, 2.45) is 0 Å². The van der Waals surface area contributed by atoms with Gasteiger partial charge in [-0.1, -0.05) is 63.3 Å². The molecule has 0 heterocycles. The van der Waals surface area contributed by atoms with Crippen LogP contribution in [0, 0.1) is 0 Å². The van der Waals surface area contributed by atoms with Crippen molar-refractivity contribution in [1.82, 2.24) is 0 Å². The van der Waals surface area contributed by atoms with Gasteiger partial charge in [0.1, 0.15) is 7.14 Å². The molecule has 0 aliphatic carbocycles. The predicted octanol–water partition coefficient (Wildman–Crippen LogP) is 4.05. The predicted molar refractivity (Wildman–Crippen MR) is 73.1 cm³/mol. The van der Waals surface area contributed by atoms with Crippen LogP contribution in [0.25, 0.3) is 0 Å². The lowest BCUT2D eigenvalue weighted by Crippen LogP contribution is -2.25. The molecule has 1 rings (SSSR count). The summed E-state index contributed by atoms with van der Waals surface area (Å²) in [4.78, 5) is 0. The van der Waals surface area contributed by atoms with Crippen LogP contribution >= 0.6 is 7.14 Å². The van der Waals surface area contributed by atoms with Crippen LogP contribution < -0.4 is 5.30 Å². The average molecular weight is 236 g/mol. The number of hydrogen-bond donors (Lipinski definition) is 0. The van der Waals surface area contributed by atoms with Gasteiger partial charge in [-0.3, -0.25) is 0 Å². The van der Waals surface area contributed by atoms with E-state index >= 15 is 0 Å². The first-order chi connectivity index (χ1) is 7.27. The second-order valence-electron chi connectivity index (χ2n) is 5.36. The molecule has 0 spiro atoms. The smallest absolute Gasteiger partial charge is 0.124 e. The van der Waals surface area contributed by atoms with E-state index in [9.17, 15) is 4.57 Å². The molecule has 0 radical (unpaired) electrons. The van der Waals surface area contributed by atoms with Crippen LogP contribution in [0.4, 0.5) is 0 Å². The minimum Gasteiger partial charge on any atom is -0.318 e. The van der Waals surface area contributed by atoms with E-state index in [2.05, 4.69) is 6.58 Å². The third-order valence-electron chi connectivity index (χ3n) is 2.75. The molecule has 1 unspecified atom stereocenters. The van der Waals surface area contributed by atoms with Gasteiger partial charge in [-0.05, 0) is 6.92 Å². The van der Waals surface area contributed by atoms with E-state index in [1.165, 1.54) is 0 Å². The number of allylic oxidation sites excluding steroid dienone is 1. The molecule has 1 atom stereocenters. The van der Waals surface area contributed by atoms with Crippen LogP contribution in [0.2, 0.25) is 0 Å². The Morgan fingerprint density at radius 1 is 1.25 bits per heavy atom. The topological polar surface area (TPSA) is 17.1 Å². The molecule has 1 aromatic rings. The van der Waals surface area contributed by atoms with Gasteiger partial charge in [0.05, 0.1) is 0 Å². The Kier molecular flexibility index (Phi) is 3.80. The van der Waals surface area contributed by atoms with Crippen molar-refractivity contribution in [2.45, 2.75) is 32.9 Å². The SMILES string of the molecule is C=C(C)CP(=O)(c1ccccc1)C(C)(C)C. The first-order valence-electron chi connectivity index (χ1n) is 5.56. The highest BCUT2D eigenvalue weighted by molar-refractivity contribution is 7.73. The number of rotatable bonds is 3. The molecule has 0 saturated carbocycles. The van der Waals surface area contributed by atoms with Crippen LogP contribution in [0.5, 0.6) is 0 Å². The van der Waals surface area contributed by atoms with Gasteiger partial charge in [0.2, 0.25) is 0 Å². The lowest BCUT2D eigenvalue weighted by molar-refractivity contribution is 0.558. The zero-order valence-electron chi connectivity index (χ0n) is 10.7. The van der Waals surface area contributed by atoms with E-state index in [-0.39, 0.29) is 5.16 Å². The second-order valence-corrected chi connectivity index (χ2v) is 9.01. The fourth-order valence-electron chi connectivity index (χ4n) is 1.76. The monoisotopic (exact) mass is 236 g/mol. The molecule has 0 aliphatic heterocycles. The molecule has 0 N–H and O–H groups in total. The molecule has 0 amide bonds. The van der Waals surface area contributed by atoms with Crippen LogP contribution in [-0.2, 0) is 4.57 Å². The van der Waals surface area contributed by atoms with Crippen LogP contribution in [0.1, 0.15) is 27.7 Å². The summed E-state index contributed by atoms with van der Waals surface area (Å²) in [6, 6.07) is 9.79. The molecular formula is C14H21OP. The van der Waals surface area contributed by atoms with Gasteiger partial charge in [-0.15, -0.1) is 0 Å². The Morgan fingerprint density at radius 3 is 2.12 bits per heavy atom. The standard InChI is InChI=1S/C14H21OP/c1-12(2)11-16(15,14(3,4)5)13-9-7-6-8-10-13/h6-10H,1,11H2,2-5H3. The highest BCUT2D eigenvalue weighted by Gasteiger charge is 2.37. The summed E-state index contributed by atoms with van der Waals surface area (Å²) in [6.45, 7) is 12.0. The molecule has 0 bridgehead atoms. The minimum atomic E-state index is -2.41. The van der Waals surface area contributed by atoms with E-state index in [1.807, 2.05) is 58.0 Å². The van der Waals surface area contributed by atoms with E-state index in [0.29, 0.717) is 6.16 Å². The summed E-state index contributed by atoms with van der Waals surface area (Å²) < 4.78 is 13.2. The Morgan fingerprint density at radius 2 is 1.75 bits per heavy atom. The Hall–Kier alpha value is -0.810. The van der Waals surface area contributed by atoms with E-state index in [4.69, 9.17) is 0 Å². The van der Waals surface area contributed by atoms with Crippen molar-refractivity contribution in [3.05, 3.63) is 42.5 Å². The van der Waals surface area contributed by atoms with Crippen molar-refractivity contribution < 1.29 is 4.57 Å². The Labute approximate surface area is 99.0 Å². The van der Waals surface area contributed by atoms with Gasteiger partial charge >= 0.3 is 0 Å². The highest BCUT2D eigenvalue weighted by atomic mass is 31.2. The normalized spacial score (nSPS) is 15.5. The molecule has 0 aliphatic rings. The molecule has 1 aromatic carbocycles. The molecule has 0 saturated heterocycles. The maximum atomic E-state index is 13.2. The lowest BCUT2D eigenvalue weighted by Gasteiger charge is -2.32. The summed E-state index contributed by atoms with van der Waals surface area (Å²) in [6.07, 6.45) is 0.598. The maximum Gasteiger partial charge on any atom is 0.124 e. The number of hydrogen-bond acceptors (Lipinski definition) is 1. The van der Waals surface area contributed by atoms with Crippen molar-refractivity contribution in [3.63, 3.8) is 0 Å². The average Bonchev–Trinajstić information content (AvgIpc) is 2.16. The largest absolute Gasteiger partial charge is 0.318 e. The quantitative estimate of drug-likeness (QED) is 0.571. The van der Waals surface area contributed by atoms with Crippen LogP contribution in [0.15, 0.2) is 42.5 Å².